The van der Waals surface area contributed by atoms with Crippen LogP contribution in [0.15, 0.2) is 48.7 Å². The zero-order valence-corrected chi connectivity index (χ0v) is 11.3. The topological polar surface area (TPSA) is 49.0 Å². The van der Waals surface area contributed by atoms with Crippen molar-refractivity contribution in [3.63, 3.8) is 0 Å². The van der Waals surface area contributed by atoms with Crippen molar-refractivity contribution in [3.8, 4) is 6.07 Å². The first-order valence-electron chi connectivity index (χ1n) is 6.59. The molecule has 0 bridgehead atoms. The average molecular weight is 280 g/mol. The van der Waals surface area contributed by atoms with Gasteiger partial charge in [-0.1, -0.05) is 18.2 Å². The first-order chi connectivity index (χ1) is 10.2. The number of hydrogen-bond acceptors (Lipinski definition) is 2. The van der Waals surface area contributed by atoms with Crippen LogP contribution >= 0.6 is 0 Å². The second kappa shape index (κ2) is 5.39. The fourth-order valence-corrected chi connectivity index (χ4v) is 2.57. The maximum Gasteiger partial charge on any atom is 0.123 e. The van der Waals surface area contributed by atoms with Crippen molar-refractivity contribution in [1.29, 1.82) is 5.26 Å². The molecule has 0 saturated heterocycles. The molecule has 1 heterocycles. The quantitative estimate of drug-likeness (QED) is 0.801. The highest BCUT2D eigenvalue weighted by Crippen LogP contribution is 2.23. The van der Waals surface area contributed by atoms with E-state index in [9.17, 15) is 9.50 Å². The molecule has 0 fully saturated rings. The molecule has 21 heavy (non-hydrogen) atoms. The summed E-state index contributed by atoms with van der Waals surface area (Å²) in [5.41, 5.74) is 2.86. The maximum atomic E-state index is 13.4. The summed E-state index contributed by atoms with van der Waals surface area (Å²) in [6.07, 6.45) is 1.84. The Morgan fingerprint density at radius 1 is 1.14 bits per heavy atom. The molecule has 0 amide bonds. The zero-order chi connectivity index (χ0) is 14.8. The van der Waals surface area contributed by atoms with Gasteiger partial charge < -0.3 is 9.67 Å². The van der Waals surface area contributed by atoms with Crippen LogP contribution in [0.1, 0.15) is 16.7 Å². The average Bonchev–Trinajstić information content (AvgIpc) is 2.86. The van der Waals surface area contributed by atoms with Crippen LogP contribution in [0, 0.1) is 17.1 Å². The lowest BCUT2D eigenvalue weighted by molar-refractivity contribution is 0.283. The summed E-state index contributed by atoms with van der Waals surface area (Å²) in [7, 11) is 0. The van der Waals surface area contributed by atoms with E-state index < -0.39 is 0 Å². The van der Waals surface area contributed by atoms with Gasteiger partial charge in [0.25, 0.3) is 0 Å². The van der Waals surface area contributed by atoms with Crippen LogP contribution in [0.4, 0.5) is 4.39 Å². The standard InChI is InChI=1S/C17H13FN2O/c18-15-6-5-12(8-19)13(7-15)9-20-10-14(11-21)16-3-1-2-4-17(16)20/h1-7,10,21H,9,11H2. The molecule has 0 aliphatic heterocycles. The van der Waals surface area contributed by atoms with Crippen LogP contribution in [0.25, 0.3) is 10.9 Å². The van der Waals surface area contributed by atoms with E-state index in [1.54, 1.807) is 0 Å². The third-order valence-corrected chi connectivity index (χ3v) is 3.57. The molecule has 0 unspecified atom stereocenters. The van der Waals surface area contributed by atoms with E-state index in [2.05, 4.69) is 6.07 Å². The highest BCUT2D eigenvalue weighted by molar-refractivity contribution is 5.84. The molecule has 0 saturated carbocycles. The second-order valence-corrected chi connectivity index (χ2v) is 4.87. The Morgan fingerprint density at radius 3 is 2.71 bits per heavy atom. The van der Waals surface area contributed by atoms with Crippen LogP contribution in [0.2, 0.25) is 0 Å². The number of rotatable bonds is 3. The number of hydrogen-bond donors (Lipinski definition) is 1. The van der Waals surface area contributed by atoms with E-state index in [-0.39, 0.29) is 12.4 Å². The van der Waals surface area contributed by atoms with Gasteiger partial charge in [-0.3, -0.25) is 0 Å². The van der Waals surface area contributed by atoms with Crippen LogP contribution < -0.4 is 0 Å². The van der Waals surface area contributed by atoms with Gasteiger partial charge in [-0.25, -0.2) is 4.39 Å². The van der Waals surface area contributed by atoms with Gasteiger partial charge in [-0.05, 0) is 29.8 Å². The number of nitriles is 1. The molecule has 3 rings (SSSR count). The zero-order valence-electron chi connectivity index (χ0n) is 11.3. The minimum atomic E-state index is -0.358. The Kier molecular flexibility index (Phi) is 3.43. The molecule has 0 aliphatic carbocycles. The van der Waals surface area contributed by atoms with Crippen molar-refractivity contribution in [2.45, 2.75) is 13.2 Å². The maximum absolute atomic E-state index is 13.4. The molecule has 0 aliphatic rings. The molecular formula is C17H13FN2O. The highest BCUT2D eigenvalue weighted by atomic mass is 19.1. The van der Waals surface area contributed by atoms with Gasteiger partial charge in [0.2, 0.25) is 0 Å². The normalized spacial score (nSPS) is 10.7. The molecule has 1 aromatic heterocycles. The van der Waals surface area contributed by atoms with Crippen molar-refractivity contribution in [3.05, 3.63) is 71.2 Å². The summed E-state index contributed by atoms with van der Waals surface area (Å²) < 4.78 is 15.3. The minimum absolute atomic E-state index is 0.0538. The summed E-state index contributed by atoms with van der Waals surface area (Å²) in [5, 5.41) is 19.5. The summed E-state index contributed by atoms with van der Waals surface area (Å²) in [6.45, 7) is 0.336. The molecule has 4 heteroatoms. The monoisotopic (exact) mass is 280 g/mol. The Labute approximate surface area is 121 Å². The number of halogens is 1. The Bertz CT molecular complexity index is 846. The second-order valence-electron chi connectivity index (χ2n) is 4.87. The number of aliphatic hydroxyl groups excluding tert-OH is 1. The van der Waals surface area contributed by atoms with Crippen molar-refractivity contribution in [2.24, 2.45) is 0 Å². The largest absolute Gasteiger partial charge is 0.392 e. The van der Waals surface area contributed by atoms with E-state index in [1.807, 2.05) is 35.0 Å². The summed E-state index contributed by atoms with van der Waals surface area (Å²) >= 11 is 0. The Morgan fingerprint density at radius 2 is 1.95 bits per heavy atom. The molecule has 0 radical (unpaired) electrons. The Balaban J connectivity index is 2.11. The summed E-state index contributed by atoms with van der Waals surface area (Å²) in [6, 6.07) is 13.9. The molecule has 2 aromatic carbocycles. The van der Waals surface area contributed by atoms with E-state index in [4.69, 9.17) is 5.26 Å². The molecule has 1 N–H and O–H groups in total. The van der Waals surface area contributed by atoms with Crippen molar-refractivity contribution >= 4 is 10.9 Å². The van der Waals surface area contributed by atoms with Gasteiger partial charge in [0.15, 0.2) is 0 Å². The number of aromatic nitrogens is 1. The molecule has 104 valence electrons. The lowest BCUT2D eigenvalue weighted by Gasteiger charge is -2.07. The highest BCUT2D eigenvalue weighted by Gasteiger charge is 2.10. The minimum Gasteiger partial charge on any atom is -0.392 e. The van der Waals surface area contributed by atoms with Crippen LogP contribution in [-0.2, 0) is 13.2 Å². The van der Waals surface area contributed by atoms with Gasteiger partial charge in [-0.15, -0.1) is 0 Å². The van der Waals surface area contributed by atoms with Crippen molar-refractivity contribution in [1.82, 2.24) is 4.57 Å². The fraction of sp³-hybridized carbons (Fsp3) is 0.118. The Hall–Kier alpha value is -2.64. The third kappa shape index (κ3) is 2.39. The van der Waals surface area contributed by atoms with Gasteiger partial charge in [-0.2, -0.15) is 5.26 Å². The van der Waals surface area contributed by atoms with Crippen LogP contribution in [0.3, 0.4) is 0 Å². The number of para-hydroxylation sites is 1. The number of nitrogens with zero attached hydrogens (tertiary/aromatic N) is 2. The van der Waals surface area contributed by atoms with Crippen LogP contribution in [-0.4, -0.2) is 9.67 Å². The predicted octanol–water partition coefficient (Wildman–Crippen LogP) is 3.19. The lowest BCUT2D eigenvalue weighted by atomic mass is 10.1. The molecular weight excluding hydrogens is 267 g/mol. The third-order valence-electron chi connectivity index (χ3n) is 3.57. The van der Waals surface area contributed by atoms with E-state index in [0.29, 0.717) is 17.7 Å². The van der Waals surface area contributed by atoms with Crippen molar-refractivity contribution < 1.29 is 9.50 Å². The van der Waals surface area contributed by atoms with E-state index in [0.717, 1.165) is 16.5 Å². The molecule has 0 spiro atoms. The van der Waals surface area contributed by atoms with Crippen molar-refractivity contribution in [2.75, 3.05) is 0 Å². The molecule has 3 nitrogen and oxygen atoms in total. The van der Waals surface area contributed by atoms with E-state index in [1.165, 1.54) is 18.2 Å². The van der Waals surface area contributed by atoms with Gasteiger partial charge >= 0.3 is 0 Å². The smallest absolute Gasteiger partial charge is 0.123 e. The predicted molar refractivity (Wildman–Crippen MR) is 78.1 cm³/mol. The fourth-order valence-electron chi connectivity index (χ4n) is 2.57. The van der Waals surface area contributed by atoms with Gasteiger partial charge in [0.05, 0.1) is 18.2 Å². The number of aliphatic hydroxyl groups is 1. The van der Waals surface area contributed by atoms with Gasteiger partial charge in [0.1, 0.15) is 5.82 Å². The van der Waals surface area contributed by atoms with Crippen LogP contribution in [0.5, 0.6) is 0 Å². The molecule has 0 atom stereocenters. The number of fused-ring (bicyclic) bond motifs is 1. The van der Waals surface area contributed by atoms with Gasteiger partial charge in [0, 0.05) is 29.2 Å². The lowest BCUT2D eigenvalue weighted by Crippen LogP contribution is -2.01. The molecule has 3 aromatic rings. The van der Waals surface area contributed by atoms with E-state index >= 15 is 0 Å². The SMILES string of the molecule is N#Cc1ccc(F)cc1Cn1cc(CO)c2ccccc21. The summed E-state index contributed by atoms with van der Waals surface area (Å²) in [4.78, 5) is 0. The first kappa shape index (κ1) is 13.3. The first-order valence-corrected chi connectivity index (χ1v) is 6.59. The number of benzene rings is 2. The summed E-state index contributed by atoms with van der Waals surface area (Å²) in [5.74, 6) is -0.358.